The van der Waals surface area contributed by atoms with E-state index in [4.69, 9.17) is 23.2 Å². The Balaban J connectivity index is 2.64. The maximum Gasteiger partial charge on any atom is 0.151 e. The molecule has 0 heterocycles. The van der Waals surface area contributed by atoms with E-state index in [-0.39, 0.29) is 0 Å². The lowest BCUT2D eigenvalue weighted by molar-refractivity contribution is -0.104. The molecule has 2 rings (SSSR count). The van der Waals surface area contributed by atoms with Crippen molar-refractivity contribution in [3.8, 4) is 0 Å². The van der Waals surface area contributed by atoms with Crippen LogP contribution < -0.4 is 0 Å². The molecule has 0 unspecified atom stereocenters. The van der Waals surface area contributed by atoms with Gasteiger partial charge in [-0.1, -0.05) is 47.5 Å². The summed E-state index contributed by atoms with van der Waals surface area (Å²) in [5.41, 5.74) is 2.34. The number of aldehydes is 1. The highest BCUT2D eigenvalue weighted by Gasteiger charge is 2.17. The van der Waals surface area contributed by atoms with Crippen molar-refractivity contribution >= 4 is 29.5 Å². The number of hydrogen-bond acceptors (Lipinski definition) is 1. The molecule has 2 bridgehead atoms. The van der Waals surface area contributed by atoms with Gasteiger partial charge in [-0.3, -0.25) is 4.79 Å². The number of halogens is 2. The van der Waals surface area contributed by atoms with Gasteiger partial charge in [-0.05, 0) is 17.2 Å². The summed E-state index contributed by atoms with van der Waals surface area (Å²) in [6, 6.07) is 0. The van der Waals surface area contributed by atoms with Crippen LogP contribution in [0.15, 0.2) is 57.2 Å². The summed E-state index contributed by atoms with van der Waals surface area (Å²) in [5, 5.41) is 1.06. The lowest BCUT2D eigenvalue weighted by Gasteiger charge is -2.04. The summed E-state index contributed by atoms with van der Waals surface area (Å²) in [4.78, 5) is 10.8. The van der Waals surface area contributed by atoms with Crippen LogP contribution >= 0.6 is 23.2 Å². The quantitative estimate of drug-likeness (QED) is 0.638. The van der Waals surface area contributed by atoms with Crippen molar-refractivity contribution in [1.29, 1.82) is 0 Å². The Morgan fingerprint density at radius 3 is 2.47 bits per heavy atom. The molecular formula is C12H8Cl2O. The molecule has 0 aromatic rings. The average Bonchev–Trinajstić information content (AvgIpc) is 2.54. The van der Waals surface area contributed by atoms with Crippen molar-refractivity contribution in [3.63, 3.8) is 0 Å². The van der Waals surface area contributed by atoms with E-state index in [0.29, 0.717) is 22.1 Å². The normalized spacial score (nSPS) is 20.0. The fourth-order valence-electron chi connectivity index (χ4n) is 1.55. The SMILES string of the molecule is O=CC1=C(Cl)C2=CC=CC=C(C2)C(Cl)=C1. The number of fused-ring (bicyclic) bond motifs is 2. The van der Waals surface area contributed by atoms with Gasteiger partial charge in [0, 0.05) is 17.0 Å². The van der Waals surface area contributed by atoms with Gasteiger partial charge in [0.2, 0.25) is 0 Å². The molecule has 76 valence electrons. The maximum absolute atomic E-state index is 10.8. The minimum Gasteiger partial charge on any atom is -0.298 e. The van der Waals surface area contributed by atoms with Crippen LogP contribution in [0.1, 0.15) is 6.42 Å². The second-order valence-electron chi connectivity index (χ2n) is 3.32. The molecule has 15 heavy (non-hydrogen) atoms. The van der Waals surface area contributed by atoms with Crippen molar-refractivity contribution in [3.05, 3.63) is 57.2 Å². The highest BCUT2D eigenvalue weighted by atomic mass is 35.5. The van der Waals surface area contributed by atoms with Crippen LogP contribution in [0.5, 0.6) is 0 Å². The molecule has 0 fully saturated rings. The number of allylic oxidation sites excluding steroid dienone is 10. The third kappa shape index (κ3) is 1.99. The van der Waals surface area contributed by atoms with E-state index >= 15 is 0 Å². The molecule has 1 nitrogen and oxygen atoms in total. The summed E-state index contributed by atoms with van der Waals surface area (Å²) in [6.45, 7) is 0. The molecule has 0 radical (unpaired) electrons. The van der Waals surface area contributed by atoms with E-state index in [1.165, 1.54) is 0 Å². The van der Waals surface area contributed by atoms with E-state index in [1.54, 1.807) is 6.08 Å². The molecule has 3 heteroatoms. The largest absolute Gasteiger partial charge is 0.298 e. The topological polar surface area (TPSA) is 17.1 Å². The zero-order chi connectivity index (χ0) is 10.8. The summed E-state index contributed by atoms with van der Waals surface area (Å²) in [7, 11) is 0. The number of carbonyl (C=O) groups excluding carboxylic acids is 1. The predicted octanol–water partition coefficient (Wildman–Crippen LogP) is 3.63. The Morgan fingerprint density at radius 2 is 1.80 bits per heavy atom. The Kier molecular flexibility index (Phi) is 2.94. The van der Waals surface area contributed by atoms with Crippen LogP contribution in [0.2, 0.25) is 0 Å². The highest BCUT2D eigenvalue weighted by Crippen LogP contribution is 2.35. The Labute approximate surface area is 98.1 Å². The van der Waals surface area contributed by atoms with Gasteiger partial charge in [-0.15, -0.1) is 0 Å². The third-order valence-electron chi connectivity index (χ3n) is 2.34. The van der Waals surface area contributed by atoms with Crippen LogP contribution in [-0.2, 0) is 4.79 Å². The third-order valence-corrected chi connectivity index (χ3v) is 3.15. The first-order chi connectivity index (χ1) is 7.22. The lowest BCUT2D eigenvalue weighted by Crippen LogP contribution is -1.87. The molecule has 0 aliphatic heterocycles. The van der Waals surface area contributed by atoms with Gasteiger partial charge in [0.15, 0.2) is 6.29 Å². The summed E-state index contributed by atoms with van der Waals surface area (Å²) in [6.07, 6.45) is 10.6. The van der Waals surface area contributed by atoms with Crippen molar-refractivity contribution in [2.24, 2.45) is 0 Å². The monoisotopic (exact) mass is 238 g/mol. The van der Waals surface area contributed by atoms with Gasteiger partial charge in [0.1, 0.15) is 0 Å². The van der Waals surface area contributed by atoms with E-state index in [0.717, 1.165) is 17.4 Å². The van der Waals surface area contributed by atoms with Crippen molar-refractivity contribution in [1.82, 2.24) is 0 Å². The molecule has 2 aliphatic rings. The van der Waals surface area contributed by atoms with Crippen LogP contribution in [0.3, 0.4) is 0 Å². The molecule has 0 aromatic heterocycles. The van der Waals surface area contributed by atoms with Gasteiger partial charge in [-0.25, -0.2) is 0 Å². The molecule has 0 saturated heterocycles. The lowest BCUT2D eigenvalue weighted by atomic mass is 10.1. The van der Waals surface area contributed by atoms with E-state index < -0.39 is 0 Å². The first-order valence-electron chi connectivity index (χ1n) is 4.51. The van der Waals surface area contributed by atoms with E-state index in [1.807, 2.05) is 24.3 Å². The summed E-state index contributed by atoms with van der Waals surface area (Å²) in [5.74, 6) is 0. The summed E-state index contributed by atoms with van der Waals surface area (Å²) >= 11 is 12.2. The van der Waals surface area contributed by atoms with Crippen LogP contribution in [-0.4, -0.2) is 6.29 Å². The number of carbonyl (C=O) groups is 1. The molecule has 0 aromatic carbocycles. The smallest absolute Gasteiger partial charge is 0.151 e. The zero-order valence-electron chi connectivity index (χ0n) is 7.84. The maximum atomic E-state index is 10.8. The van der Waals surface area contributed by atoms with Crippen molar-refractivity contribution in [2.45, 2.75) is 6.42 Å². The number of hydrogen-bond donors (Lipinski definition) is 0. The molecule has 0 amide bonds. The Bertz CT molecular complexity index is 462. The van der Waals surface area contributed by atoms with Gasteiger partial charge >= 0.3 is 0 Å². The van der Waals surface area contributed by atoms with Gasteiger partial charge in [-0.2, -0.15) is 0 Å². The fourth-order valence-corrected chi connectivity index (χ4v) is 2.02. The minimum absolute atomic E-state index is 0.437. The second kappa shape index (κ2) is 4.21. The van der Waals surface area contributed by atoms with Crippen LogP contribution in [0, 0.1) is 0 Å². The van der Waals surface area contributed by atoms with E-state index in [9.17, 15) is 4.79 Å². The Hall–Kier alpha value is -1.05. The highest BCUT2D eigenvalue weighted by molar-refractivity contribution is 6.36. The van der Waals surface area contributed by atoms with Crippen molar-refractivity contribution in [2.75, 3.05) is 0 Å². The molecule has 0 N–H and O–H groups in total. The number of rotatable bonds is 1. The van der Waals surface area contributed by atoms with E-state index in [2.05, 4.69) is 0 Å². The molecule has 2 aliphatic carbocycles. The fraction of sp³-hybridized carbons (Fsp3) is 0.0833. The summed E-state index contributed by atoms with van der Waals surface area (Å²) < 4.78 is 0. The minimum atomic E-state index is 0.437. The second-order valence-corrected chi connectivity index (χ2v) is 4.11. The predicted molar refractivity (Wildman–Crippen MR) is 62.8 cm³/mol. The Morgan fingerprint density at radius 1 is 1.13 bits per heavy atom. The van der Waals surface area contributed by atoms with Crippen LogP contribution in [0.25, 0.3) is 0 Å². The van der Waals surface area contributed by atoms with Gasteiger partial charge < -0.3 is 0 Å². The van der Waals surface area contributed by atoms with Crippen LogP contribution in [0.4, 0.5) is 0 Å². The standard InChI is InChI=1S/C12H8Cl2O/c13-11-6-10(7-15)12(14)9-4-2-1-3-8(11)5-9/h1-4,6-7H,5H2. The molecular weight excluding hydrogens is 231 g/mol. The van der Waals surface area contributed by atoms with Gasteiger partial charge in [0.05, 0.1) is 5.03 Å². The first kappa shape index (κ1) is 10.5. The zero-order valence-corrected chi connectivity index (χ0v) is 9.35. The van der Waals surface area contributed by atoms with Gasteiger partial charge in [0.25, 0.3) is 0 Å². The molecule has 0 atom stereocenters. The molecule has 0 spiro atoms. The first-order valence-corrected chi connectivity index (χ1v) is 5.27. The average molecular weight is 239 g/mol. The molecule has 0 saturated carbocycles. The van der Waals surface area contributed by atoms with Crippen molar-refractivity contribution < 1.29 is 4.79 Å².